The molecule has 0 bridgehead atoms. The van der Waals surface area contributed by atoms with Crippen LogP contribution in [0, 0.1) is 35.6 Å². The van der Waals surface area contributed by atoms with Crippen LogP contribution in [0.4, 0.5) is 0 Å². The van der Waals surface area contributed by atoms with Crippen molar-refractivity contribution in [1.29, 1.82) is 0 Å². The number of hydrogen-bond donors (Lipinski definition) is 0. The molecule has 0 saturated carbocycles. The van der Waals surface area contributed by atoms with E-state index in [1.165, 1.54) is 0 Å². The van der Waals surface area contributed by atoms with Crippen LogP contribution in [-0.4, -0.2) is 13.0 Å². The molecule has 0 aliphatic rings. The smallest absolute Gasteiger partial charge is 0.0689 e. The van der Waals surface area contributed by atoms with Gasteiger partial charge in [0.2, 0.25) is 0 Å². The molecule has 0 fully saturated rings. The maximum Gasteiger partial charge on any atom is 0.0689 e. The van der Waals surface area contributed by atoms with Gasteiger partial charge >= 0.3 is 43.3 Å². The zero-order valence-electron chi connectivity index (χ0n) is 4.53. The van der Waals surface area contributed by atoms with Crippen LogP contribution in [0.5, 0.6) is 0 Å². The quantitative estimate of drug-likeness (QED) is 0.430. The molecule has 0 aromatic carbocycles. The van der Waals surface area contributed by atoms with E-state index in [-0.39, 0.29) is 0 Å². The molecule has 0 amide bonds. The summed E-state index contributed by atoms with van der Waals surface area (Å²) in [6, 6.07) is 0. The fraction of sp³-hybridized carbons (Fsp3) is 0. The molecule has 11 heavy (non-hydrogen) atoms. The summed E-state index contributed by atoms with van der Waals surface area (Å²) in [4.78, 5) is 26.6. The summed E-state index contributed by atoms with van der Waals surface area (Å²) in [5.74, 6) is 0. The Morgan fingerprint density at radius 2 is 1.00 bits per heavy atom. The molecule has 0 aromatic rings. The van der Waals surface area contributed by atoms with Crippen molar-refractivity contribution >= 4 is 0 Å². The van der Waals surface area contributed by atoms with E-state index in [4.69, 9.17) is 35.6 Å². The van der Waals surface area contributed by atoms with Crippen LogP contribution in [0.15, 0.2) is 0 Å². The van der Waals surface area contributed by atoms with Crippen molar-refractivity contribution < 1.29 is 28.2 Å². The van der Waals surface area contributed by atoms with E-state index in [2.05, 4.69) is 0 Å². The van der Waals surface area contributed by atoms with Gasteiger partial charge in [-0.15, -0.1) is 0 Å². The summed E-state index contributed by atoms with van der Waals surface area (Å²) < 4.78 is -2.06. The van der Waals surface area contributed by atoms with Crippen LogP contribution in [0.1, 0.15) is 0 Å². The zero-order chi connectivity index (χ0) is 9.44. The Balaban J connectivity index is 0. The number of hydrogen-bond acceptors (Lipinski definition) is 7. The first kappa shape index (κ1) is 12.2. The van der Waals surface area contributed by atoms with Crippen LogP contribution in [0.25, 0.3) is 0 Å². The van der Waals surface area contributed by atoms with Crippen LogP contribution < -0.4 is 0 Å². The van der Waals surface area contributed by atoms with Crippen LogP contribution in [0.2, 0.25) is 0 Å². The fourth-order valence-electron chi connectivity index (χ4n) is 0.0444. The maximum absolute atomic E-state index is 9.16. The normalized spacial score (nSPS) is 7.64. The molecule has 0 radical (unpaired) electrons. The van der Waals surface area contributed by atoms with E-state index >= 15 is 0 Å². The predicted octanol–water partition coefficient (Wildman–Crippen LogP) is -0.787. The Kier molecular flexibility index (Phi) is 7.35. The number of nitrogens with zero attached hydrogens (tertiary/aromatic N) is 3. The van der Waals surface area contributed by atoms with Gasteiger partial charge in [0.15, 0.2) is 0 Å². The molecule has 0 N–H and O–H groups in total. The van der Waals surface area contributed by atoms with E-state index in [1.54, 1.807) is 0 Å². The van der Waals surface area contributed by atoms with Gasteiger partial charge in [0.05, 0.1) is 5.09 Å². The Hall–Kier alpha value is -1.49. The minimum Gasteiger partial charge on any atom is -0.356 e. The van der Waals surface area contributed by atoms with E-state index < -0.39 is 28.2 Å². The predicted molar refractivity (Wildman–Crippen MR) is 24.4 cm³/mol. The van der Waals surface area contributed by atoms with Crippen LogP contribution in [-0.2, 0) is 15.1 Å². The third-order valence-electron chi connectivity index (χ3n) is 0.109. The molecule has 0 aromatic heterocycles. The van der Waals surface area contributed by atoms with E-state index in [1.807, 2.05) is 0 Å². The molecule has 0 aliphatic carbocycles. The van der Waals surface area contributed by atoms with Gasteiger partial charge in [-0.3, -0.25) is 0 Å². The Morgan fingerprint density at radius 1 is 0.818 bits per heavy atom. The summed E-state index contributed by atoms with van der Waals surface area (Å²) in [7, 11) is 0. The fourth-order valence-corrected chi connectivity index (χ4v) is 0.183. The Bertz CT molecular complexity index is 147. The number of rotatable bonds is 2. The monoisotopic (exact) mass is 213 g/mol. The molecular formula is CoN3O7-. The van der Waals surface area contributed by atoms with E-state index in [0.717, 1.165) is 0 Å². The largest absolute Gasteiger partial charge is 0.356 e. The van der Waals surface area contributed by atoms with Gasteiger partial charge < -0.3 is 15.3 Å². The summed E-state index contributed by atoms with van der Waals surface area (Å²) in [6.45, 7) is 0. The first-order chi connectivity index (χ1) is 4.86. The molecule has 0 rings (SSSR count). The molecule has 0 atom stereocenters. The van der Waals surface area contributed by atoms with Crippen molar-refractivity contribution in [3.63, 3.8) is 0 Å². The van der Waals surface area contributed by atoms with Gasteiger partial charge in [-0.1, -0.05) is 0 Å². The first-order valence-electron chi connectivity index (χ1n) is 1.58. The molecule has 0 spiro atoms. The number of nitro groups is 2. The van der Waals surface area contributed by atoms with Gasteiger partial charge in [-0.05, 0) is 0 Å². The summed E-state index contributed by atoms with van der Waals surface area (Å²) in [5, 5.41) is 33.1. The van der Waals surface area contributed by atoms with Gasteiger partial charge in [0.1, 0.15) is 0 Å². The second kappa shape index (κ2) is 6.62. The molecule has 0 heterocycles. The maximum atomic E-state index is 9.16. The summed E-state index contributed by atoms with van der Waals surface area (Å²) in [5.41, 5.74) is 0. The average molecular weight is 213 g/mol. The van der Waals surface area contributed by atoms with Crippen molar-refractivity contribution in [2.45, 2.75) is 0 Å². The van der Waals surface area contributed by atoms with Crippen molar-refractivity contribution in [3.05, 3.63) is 35.6 Å². The molecule has 0 aliphatic heterocycles. The van der Waals surface area contributed by atoms with Gasteiger partial charge in [-0.2, -0.15) is 0 Å². The van der Waals surface area contributed by atoms with Gasteiger partial charge in [0.25, 0.3) is 0 Å². The first-order valence-corrected chi connectivity index (χ1v) is 2.51. The molecule has 11 heteroatoms. The molecule has 67 valence electrons. The van der Waals surface area contributed by atoms with Crippen molar-refractivity contribution in [2.24, 2.45) is 0 Å². The molecular weight excluding hydrogens is 213 g/mol. The van der Waals surface area contributed by atoms with Crippen molar-refractivity contribution in [2.75, 3.05) is 0 Å². The molecule has 0 unspecified atom stereocenters. The minimum absolute atomic E-state index is 0.951. The Labute approximate surface area is 64.6 Å². The van der Waals surface area contributed by atoms with Gasteiger partial charge in [-0.25, -0.2) is 0 Å². The third kappa shape index (κ3) is 57.3. The van der Waals surface area contributed by atoms with Crippen LogP contribution >= 0.6 is 0 Å². The van der Waals surface area contributed by atoms with E-state index in [0.29, 0.717) is 0 Å². The summed E-state index contributed by atoms with van der Waals surface area (Å²) in [6.07, 6.45) is 0. The SMILES string of the molecule is O=[N+]([O-])[Co][N+](=O)[O-].O=[N+]([O-])[O-]. The second-order valence-corrected chi connectivity index (χ2v) is 1.65. The van der Waals surface area contributed by atoms with Crippen molar-refractivity contribution in [1.82, 2.24) is 0 Å². The third-order valence-corrected chi connectivity index (χ3v) is 0.449. The zero-order valence-corrected chi connectivity index (χ0v) is 5.57. The standard InChI is InChI=1S/Co.NO3.2NO2/c;2-1(3)4;2*2-1-3/q;-1;;. The Morgan fingerprint density at radius 3 is 1.00 bits per heavy atom. The average Bonchev–Trinajstić information content (AvgIpc) is 1.56. The van der Waals surface area contributed by atoms with Gasteiger partial charge in [0, 0.05) is 0 Å². The van der Waals surface area contributed by atoms with E-state index in [9.17, 15) is 0 Å². The minimum atomic E-state index is -1.75. The molecule has 10 nitrogen and oxygen atoms in total. The van der Waals surface area contributed by atoms with Crippen molar-refractivity contribution in [3.8, 4) is 0 Å². The molecule has 0 saturated heterocycles. The second-order valence-electron chi connectivity index (χ2n) is 0.683. The summed E-state index contributed by atoms with van der Waals surface area (Å²) >= 11 is -0.951. The van der Waals surface area contributed by atoms with Crippen LogP contribution in [0.3, 0.4) is 0 Å². The topological polar surface area (TPSA) is 152 Å².